The Morgan fingerprint density at radius 1 is 1.12 bits per heavy atom. The maximum absolute atomic E-state index is 12.8. The number of carbonyl (C=O) groups excluding carboxylic acids is 4. The molecule has 1 N–H and O–H groups in total. The molecular formula is C24H22N2O7S. The Kier molecular flexibility index (Phi) is 7.20. The number of β-lactam (4-membered cyclic amide) rings is 1. The van der Waals surface area contributed by atoms with Crippen molar-refractivity contribution in [3.05, 3.63) is 65.7 Å². The fourth-order valence-corrected chi connectivity index (χ4v) is 5.00. The van der Waals surface area contributed by atoms with Crippen LogP contribution in [0.2, 0.25) is 0 Å². The molecule has 10 heteroatoms. The first-order valence-electron chi connectivity index (χ1n) is 10.5. The smallest absolute Gasteiger partial charge is 0.334 e. The lowest BCUT2D eigenvalue weighted by Crippen LogP contribution is -2.75. The molecule has 2 saturated heterocycles. The number of methoxy groups -OCH3 is 1. The Hall–Kier alpha value is -3.75. The summed E-state index contributed by atoms with van der Waals surface area (Å²) in [5.74, 6) is 1.53. The van der Waals surface area contributed by atoms with Crippen molar-refractivity contribution in [1.82, 2.24) is 10.2 Å². The molecule has 2 fully saturated rings. The maximum atomic E-state index is 12.8. The summed E-state index contributed by atoms with van der Waals surface area (Å²) in [6.07, 6.45) is 0. The van der Waals surface area contributed by atoms with Gasteiger partial charge in [0.1, 0.15) is 35.5 Å². The number of hydrogen-bond donors (Lipinski definition) is 1. The third-order valence-corrected chi connectivity index (χ3v) is 6.74. The Morgan fingerprint density at radius 2 is 1.85 bits per heavy atom. The van der Waals surface area contributed by atoms with E-state index in [1.165, 1.54) is 16.7 Å². The number of amides is 2. The minimum Gasteiger partial charge on any atom is -0.497 e. The lowest BCUT2D eigenvalue weighted by molar-refractivity contribution is -0.164. The summed E-state index contributed by atoms with van der Waals surface area (Å²) in [4.78, 5) is 50.7. The van der Waals surface area contributed by atoms with E-state index in [0.717, 1.165) is 5.56 Å². The van der Waals surface area contributed by atoms with Crippen LogP contribution in [-0.2, 0) is 30.5 Å². The summed E-state index contributed by atoms with van der Waals surface area (Å²) in [5, 5.41) is 2.15. The minimum absolute atomic E-state index is 0.0255. The number of carbonyl (C=O) groups is 3. The van der Waals surface area contributed by atoms with Gasteiger partial charge in [0, 0.05) is 5.75 Å². The Bertz CT molecular complexity index is 1120. The summed E-state index contributed by atoms with van der Waals surface area (Å²) in [6, 6.07) is 13.8. The zero-order valence-electron chi connectivity index (χ0n) is 18.3. The van der Waals surface area contributed by atoms with Crippen molar-refractivity contribution in [2.75, 3.05) is 19.5 Å². The molecule has 2 unspecified atom stereocenters. The van der Waals surface area contributed by atoms with Crippen LogP contribution in [0.1, 0.15) is 5.56 Å². The van der Waals surface area contributed by atoms with E-state index in [0.29, 0.717) is 11.5 Å². The molecule has 2 aromatic carbocycles. The average Bonchev–Trinajstić information content (AvgIpc) is 2.89. The number of para-hydroxylation sites is 1. The SMILES string of the molecule is COc1ccc(COC(=O)C2C(=C=O)CS[C@H]3C(NC(=O)COc4ccccc4)C(=O)N23)cc1. The molecule has 3 atom stereocenters. The number of esters is 1. The van der Waals surface area contributed by atoms with Gasteiger partial charge in [-0.3, -0.25) is 9.59 Å². The Balaban J connectivity index is 1.36. The predicted octanol–water partition coefficient (Wildman–Crippen LogP) is 1.34. The van der Waals surface area contributed by atoms with E-state index in [1.807, 2.05) is 6.07 Å². The number of ether oxygens (including phenoxy) is 3. The summed E-state index contributed by atoms with van der Waals surface area (Å²) in [7, 11) is 1.55. The predicted molar refractivity (Wildman–Crippen MR) is 123 cm³/mol. The number of fused-ring (bicyclic) bond motifs is 1. The van der Waals surface area contributed by atoms with E-state index in [2.05, 4.69) is 5.32 Å². The quantitative estimate of drug-likeness (QED) is 0.341. The van der Waals surface area contributed by atoms with Crippen LogP contribution in [0.15, 0.2) is 60.2 Å². The Labute approximate surface area is 200 Å². The highest BCUT2D eigenvalue weighted by molar-refractivity contribution is 8.00. The molecular weight excluding hydrogens is 460 g/mol. The number of nitrogens with zero attached hydrogens (tertiary/aromatic N) is 1. The van der Waals surface area contributed by atoms with Crippen LogP contribution in [0, 0.1) is 0 Å². The summed E-state index contributed by atoms with van der Waals surface area (Å²) < 4.78 is 15.9. The van der Waals surface area contributed by atoms with Crippen molar-refractivity contribution >= 4 is 35.5 Å². The van der Waals surface area contributed by atoms with Crippen molar-refractivity contribution in [3.63, 3.8) is 0 Å². The summed E-state index contributed by atoms with van der Waals surface area (Å²) in [6.45, 7) is -0.277. The molecule has 176 valence electrons. The van der Waals surface area contributed by atoms with E-state index in [-0.39, 0.29) is 24.5 Å². The first-order valence-corrected chi connectivity index (χ1v) is 11.5. The third-order valence-electron chi connectivity index (χ3n) is 5.42. The van der Waals surface area contributed by atoms with E-state index in [9.17, 15) is 19.2 Å². The zero-order chi connectivity index (χ0) is 24.1. The molecule has 0 radical (unpaired) electrons. The zero-order valence-corrected chi connectivity index (χ0v) is 19.1. The molecule has 0 saturated carbocycles. The molecule has 2 amide bonds. The highest BCUT2D eigenvalue weighted by Crippen LogP contribution is 2.40. The number of thioether (sulfide) groups is 1. The van der Waals surface area contributed by atoms with Crippen molar-refractivity contribution in [2.24, 2.45) is 0 Å². The van der Waals surface area contributed by atoms with Gasteiger partial charge in [0.05, 0.1) is 12.7 Å². The van der Waals surface area contributed by atoms with Crippen LogP contribution in [-0.4, -0.2) is 65.6 Å². The second-order valence-corrected chi connectivity index (χ2v) is 8.68. The van der Waals surface area contributed by atoms with Crippen molar-refractivity contribution in [1.29, 1.82) is 0 Å². The summed E-state index contributed by atoms with van der Waals surface area (Å²) >= 11 is 1.28. The largest absolute Gasteiger partial charge is 0.497 e. The third kappa shape index (κ3) is 4.93. The van der Waals surface area contributed by atoms with Gasteiger partial charge in [0.2, 0.25) is 5.91 Å². The minimum atomic E-state index is -1.16. The molecule has 0 aliphatic carbocycles. The molecule has 2 aliphatic rings. The maximum Gasteiger partial charge on any atom is 0.334 e. The van der Waals surface area contributed by atoms with Gasteiger partial charge in [-0.25, -0.2) is 9.59 Å². The number of nitrogens with one attached hydrogen (secondary N) is 1. The molecule has 9 nitrogen and oxygen atoms in total. The van der Waals surface area contributed by atoms with Crippen LogP contribution >= 0.6 is 11.8 Å². The number of benzene rings is 2. The van der Waals surface area contributed by atoms with Gasteiger partial charge in [-0.2, -0.15) is 0 Å². The van der Waals surface area contributed by atoms with E-state index in [4.69, 9.17) is 14.2 Å². The molecule has 34 heavy (non-hydrogen) atoms. The highest BCUT2D eigenvalue weighted by Gasteiger charge is 2.57. The van der Waals surface area contributed by atoms with Crippen LogP contribution in [0.3, 0.4) is 0 Å². The van der Waals surface area contributed by atoms with Gasteiger partial charge >= 0.3 is 5.97 Å². The monoisotopic (exact) mass is 482 g/mol. The highest BCUT2D eigenvalue weighted by atomic mass is 32.2. The Morgan fingerprint density at radius 3 is 2.53 bits per heavy atom. The van der Waals surface area contributed by atoms with E-state index in [1.54, 1.807) is 61.6 Å². The number of rotatable bonds is 8. The fourth-order valence-electron chi connectivity index (χ4n) is 3.67. The molecule has 0 spiro atoms. The second kappa shape index (κ2) is 10.5. The van der Waals surface area contributed by atoms with Gasteiger partial charge in [0.25, 0.3) is 5.91 Å². The van der Waals surface area contributed by atoms with Crippen molar-refractivity contribution < 1.29 is 33.4 Å². The van der Waals surface area contributed by atoms with E-state index < -0.39 is 35.2 Å². The normalized spacial score (nSPS) is 21.0. The van der Waals surface area contributed by atoms with E-state index >= 15 is 0 Å². The van der Waals surface area contributed by atoms with Crippen molar-refractivity contribution in [3.8, 4) is 11.5 Å². The van der Waals surface area contributed by atoms with Crippen molar-refractivity contribution in [2.45, 2.75) is 24.1 Å². The van der Waals surface area contributed by atoms with Gasteiger partial charge in [-0.1, -0.05) is 30.3 Å². The van der Waals surface area contributed by atoms with Gasteiger partial charge in [-0.15, -0.1) is 11.8 Å². The molecule has 0 aromatic heterocycles. The van der Waals surface area contributed by atoms with Gasteiger partial charge in [-0.05, 0) is 29.8 Å². The number of hydrogen-bond acceptors (Lipinski definition) is 8. The second-order valence-electron chi connectivity index (χ2n) is 7.58. The van der Waals surface area contributed by atoms with Crippen LogP contribution < -0.4 is 14.8 Å². The fraction of sp³-hybridized carbons (Fsp3) is 0.292. The van der Waals surface area contributed by atoms with Crippen LogP contribution in [0.5, 0.6) is 11.5 Å². The first-order chi connectivity index (χ1) is 16.5. The van der Waals surface area contributed by atoms with Crippen LogP contribution in [0.4, 0.5) is 0 Å². The topological polar surface area (TPSA) is 111 Å². The molecule has 4 rings (SSSR count). The van der Waals surface area contributed by atoms with Gasteiger partial charge in [0.15, 0.2) is 12.6 Å². The molecule has 0 bridgehead atoms. The summed E-state index contributed by atoms with van der Waals surface area (Å²) in [5.41, 5.74) is 0.859. The van der Waals surface area contributed by atoms with Gasteiger partial charge < -0.3 is 24.4 Å². The average molecular weight is 483 g/mol. The lowest BCUT2D eigenvalue weighted by Gasteiger charge is -2.52. The molecule has 2 aromatic rings. The molecule has 2 aliphatic heterocycles. The molecule has 2 heterocycles. The lowest BCUT2D eigenvalue weighted by atomic mass is 9.98. The standard InChI is InChI=1S/C24H22N2O7S/c1-31-17-9-7-15(8-10-17)12-33-24(30)21-16(11-27)14-34-23-20(22(29)26(21)23)25-19(28)13-32-18-5-3-2-4-6-18/h2-10,20-21,23H,12-14H2,1H3,(H,25,28)/t20?,21?,23-/m0/s1. The van der Waals surface area contributed by atoms with Crippen LogP contribution in [0.25, 0.3) is 0 Å². The first kappa shape index (κ1) is 23.4.